The fraction of sp³-hybridized carbons (Fsp3) is 0.500. The number of aryl methyl sites for hydroxylation is 2. The van der Waals surface area contributed by atoms with Crippen molar-refractivity contribution >= 4 is 11.8 Å². The maximum absolute atomic E-state index is 12.9. The second kappa shape index (κ2) is 6.21. The van der Waals surface area contributed by atoms with Crippen LogP contribution in [-0.2, 0) is 13.0 Å². The van der Waals surface area contributed by atoms with Crippen molar-refractivity contribution in [2.45, 2.75) is 57.5 Å². The lowest BCUT2D eigenvalue weighted by Crippen LogP contribution is -2.47. The van der Waals surface area contributed by atoms with E-state index in [2.05, 4.69) is 48.5 Å². The summed E-state index contributed by atoms with van der Waals surface area (Å²) in [6.07, 6.45) is 4.41. The molecular formula is C20H26N4O. The Bertz CT molecular complexity index is 742. The molecule has 132 valence electrons. The van der Waals surface area contributed by atoms with Crippen LogP contribution in [0.1, 0.15) is 50.3 Å². The van der Waals surface area contributed by atoms with Crippen molar-refractivity contribution in [1.29, 1.82) is 0 Å². The topological polar surface area (TPSA) is 50.2 Å². The van der Waals surface area contributed by atoms with Gasteiger partial charge in [0.1, 0.15) is 0 Å². The molecule has 5 heteroatoms. The van der Waals surface area contributed by atoms with E-state index < -0.39 is 0 Å². The van der Waals surface area contributed by atoms with Gasteiger partial charge in [-0.2, -0.15) is 5.10 Å². The van der Waals surface area contributed by atoms with Crippen LogP contribution in [0.2, 0.25) is 0 Å². The highest BCUT2D eigenvalue weighted by Gasteiger charge is 2.44. The van der Waals surface area contributed by atoms with Gasteiger partial charge < -0.3 is 4.90 Å². The van der Waals surface area contributed by atoms with E-state index in [4.69, 9.17) is 0 Å². The number of aromatic nitrogens is 2. The van der Waals surface area contributed by atoms with Crippen molar-refractivity contribution in [2.24, 2.45) is 0 Å². The number of hydrogen-bond donors (Lipinski definition) is 1. The first kappa shape index (κ1) is 16.2. The van der Waals surface area contributed by atoms with E-state index in [0.717, 1.165) is 25.9 Å². The Labute approximate surface area is 149 Å². The number of anilines is 1. The first-order valence-corrected chi connectivity index (χ1v) is 9.26. The van der Waals surface area contributed by atoms with Gasteiger partial charge in [0.15, 0.2) is 5.82 Å². The summed E-state index contributed by atoms with van der Waals surface area (Å²) in [4.78, 5) is 14.8. The lowest BCUT2D eigenvalue weighted by atomic mass is 9.83. The maximum atomic E-state index is 12.9. The van der Waals surface area contributed by atoms with E-state index in [0.29, 0.717) is 11.7 Å². The van der Waals surface area contributed by atoms with Crippen LogP contribution >= 0.6 is 0 Å². The smallest absolute Gasteiger partial charge is 0.319 e. The standard InChI is InChI=1S/C20H26N4O/c1-20(2)17(15-8-4-3-5-9-15)11-13-23(20)19(25)21-18-14-16-10-6-7-12-24(16)22-18/h3-5,8-9,14,17H,6-7,10-13H2,1-2H3,(H,21,22,25). The minimum Gasteiger partial charge on any atom is -0.319 e. The van der Waals surface area contributed by atoms with Gasteiger partial charge in [0.25, 0.3) is 0 Å². The van der Waals surface area contributed by atoms with Crippen molar-refractivity contribution in [1.82, 2.24) is 14.7 Å². The van der Waals surface area contributed by atoms with Gasteiger partial charge in [-0.3, -0.25) is 10.00 Å². The van der Waals surface area contributed by atoms with E-state index in [1.807, 2.05) is 21.7 Å². The van der Waals surface area contributed by atoms with Crippen LogP contribution < -0.4 is 5.32 Å². The summed E-state index contributed by atoms with van der Waals surface area (Å²) in [5.41, 5.74) is 2.31. The van der Waals surface area contributed by atoms with Crippen LogP contribution in [0.4, 0.5) is 10.6 Å². The molecule has 1 N–H and O–H groups in total. The summed E-state index contributed by atoms with van der Waals surface area (Å²) in [5, 5.41) is 7.57. The van der Waals surface area contributed by atoms with E-state index in [1.54, 1.807) is 0 Å². The lowest BCUT2D eigenvalue weighted by Gasteiger charge is -2.36. The molecule has 0 radical (unpaired) electrons. The summed E-state index contributed by atoms with van der Waals surface area (Å²) in [6.45, 7) is 6.05. The largest absolute Gasteiger partial charge is 0.323 e. The lowest BCUT2D eigenvalue weighted by molar-refractivity contribution is 0.171. The highest BCUT2D eigenvalue weighted by Crippen LogP contribution is 2.41. The summed E-state index contributed by atoms with van der Waals surface area (Å²) in [6, 6.07) is 12.5. The Morgan fingerprint density at radius 3 is 2.76 bits per heavy atom. The van der Waals surface area contributed by atoms with E-state index in [1.165, 1.54) is 24.1 Å². The number of benzene rings is 1. The number of carbonyl (C=O) groups excluding carboxylic acids is 1. The number of likely N-dealkylation sites (tertiary alicyclic amines) is 1. The van der Waals surface area contributed by atoms with E-state index in [-0.39, 0.29) is 11.6 Å². The molecule has 1 fully saturated rings. The van der Waals surface area contributed by atoms with Gasteiger partial charge >= 0.3 is 6.03 Å². The number of carbonyl (C=O) groups is 1. The number of fused-ring (bicyclic) bond motifs is 1. The number of hydrogen-bond acceptors (Lipinski definition) is 2. The molecule has 2 aromatic rings. The van der Waals surface area contributed by atoms with Crippen molar-refractivity contribution < 1.29 is 4.79 Å². The molecule has 1 aromatic carbocycles. The Hall–Kier alpha value is -2.30. The molecule has 2 aliphatic heterocycles. The first-order valence-electron chi connectivity index (χ1n) is 9.26. The van der Waals surface area contributed by atoms with Crippen molar-refractivity contribution in [2.75, 3.05) is 11.9 Å². The van der Waals surface area contributed by atoms with Gasteiger partial charge in [-0.1, -0.05) is 30.3 Å². The number of urea groups is 1. The summed E-state index contributed by atoms with van der Waals surface area (Å²) < 4.78 is 2.03. The number of rotatable bonds is 2. The fourth-order valence-corrected chi connectivity index (χ4v) is 4.37. The van der Waals surface area contributed by atoms with Crippen LogP contribution in [0.15, 0.2) is 36.4 Å². The predicted octanol–water partition coefficient (Wildman–Crippen LogP) is 4.02. The van der Waals surface area contributed by atoms with Crippen LogP contribution in [0, 0.1) is 0 Å². The number of nitrogens with one attached hydrogen (secondary N) is 1. The molecule has 1 saturated heterocycles. The summed E-state index contributed by atoms with van der Waals surface area (Å²) >= 11 is 0. The van der Waals surface area contributed by atoms with Gasteiger partial charge in [-0.15, -0.1) is 0 Å². The zero-order chi connectivity index (χ0) is 17.4. The average molecular weight is 338 g/mol. The summed E-state index contributed by atoms with van der Waals surface area (Å²) in [5.74, 6) is 1.04. The average Bonchev–Trinajstić information content (AvgIpc) is 3.14. The predicted molar refractivity (Wildman–Crippen MR) is 98.8 cm³/mol. The molecule has 0 spiro atoms. The Balaban J connectivity index is 1.50. The molecule has 3 heterocycles. The zero-order valence-electron chi connectivity index (χ0n) is 15.0. The molecule has 0 saturated carbocycles. The van der Waals surface area contributed by atoms with Gasteiger partial charge in [0.05, 0.1) is 0 Å². The Morgan fingerprint density at radius 1 is 1.20 bits per heavy atom. The van der Waals surface area contributed by atoms with E-state index in [9.17, 15) is 4.79 Å². The van der Waals surface area contributed by atoms with Gasteiger partial charge in [-0.05, 0) is 45.1 Å². The third-order valence-corrected chi connectivity index (χ3v) is 5.79. The first-order chi connectivity index (χ1) is 12.1. The fourth-order valence-electron chi connectivity index (χ4n) is 4.37. The zero-order valence-corrected chi connectivity index (χ0v) is 15.0. The molecule has 5 nitrogen and oxygen atoms in total. The van der Waals surface area contributed by atoms with Gasteiger partial charge in [0.2, 0.25) is 0 Å². The van der Waals surface area contributed by atoms with Crippen LogP contribution in [-0.4, -0.2) is 32.8 Å². The van der Waals surface area contributed by atoms with E-state index >= 15 is 0 Å². The molecule has 0 aliphatic carbocycles. The van der Waals surface area contributed by atoms with Gasteiger partial charge in [0, 0.05) is 36.3 Å². The van der Waals surface area contributed by atoms with Crippen LogP contribution in [0.3, 0.4) is 0 Å². The second-order valence-electron chi connectivity index (χ2n) is 7.69. The molecule has 0 bridgehead atoms. The Morgan fingerprint density at radius 2 is 2.00 bits per heavy atom. The molecule has 4 rings (SSSR count). The minimum atomic E-state index is -0.217. The molecule has 1 unspecified atom stereocenters. The summed E-state index contributed by atoms with van der Waals surface area (Å²) in [7, 11) is 0. The second-order valence-corrected chi connectivity index (χ2v) is 7.69. The molecule has 25 heavy (non-hydrogen) atoms. The van der Waals surface area contributed by atoms with Crippen LogP contribution in [0.25, 0.3) is 0 Å². The van der Waals surface area contributed by atoms with Crippen LogP contribution in [0.5, 0.6) is 0 Å². The normalized spacial score (nSPS) is 21.8. The minimum absolute atomic E-state index is 0.0427. The van der Waals surface area contributed by atoms with Crippen molar-refractivity contribution in [3.8, 4) is 0 Å². The van der Waals surface area contributed by atoms with Crippen molar-refractivity contribution in [3.05, 3.63) is 47.7 Å². The molecular weight excluding hydrogens is 312 g/mol. The highest BCUT2D eigenvalue weighted by atomic mass is 16.2. The molecule has 1 atom stereocenters. The molecule has 2 aliphatic rings. The maximum Gasteiger partial charge on any atom is 0.323 e. The van der Waals surface area contributed by atoms with Crippen molar-refractivity contribution in [3.63, 3.8) is 0 Å². The number of nitrogens with zero attached hydrogens (tertiary/aromatic N) is 3. The Kier molecular flexibility index (Phi) is 4.02. The quantitative estimate of drug-likeness (QED) is 0.899. The SMILES string of the molecule is CC1(C)C(c2ccccc2)CCN1C(=O)Nc1cc2n(n1)CCCC2. The highest BCUT2D eigenvalue weighted by molar-refractivity contribution is 5.89. The third kappa shape index (κ3) is 2.92. The third-order valence-electron chi connectivity index (χ3n) is 5.79. The monoisotopic (exact) mass is 338 g/mol. The molecule has 1 aromatic heterocycles. The number of amides is 2. The van der Waals surface area contributed by atoms with Gasteiger partial charge in [-0.25, -0.2) is 4.79 Å². The molecule has 2 amide bonds.